The summed E-state index contributed by atoms with van der Waals surface area (Å²) in [6, 6.07) is 0.384. The first-order valence-electron chi connectivity index (χ1n) is 7.86. The van der Waals surface area contributed by atoms with E-state index in [1.54, 1.807) is 0 Å². The topological polar surface area (TPSA) is 46.9 Å². The van der Waals surface area contributed by atoms with Crippen molar-refractivity contribution in [2.75, 3.05) is 0 Å². The molecule has 0 atom stereocenters. The number of aryl methyl sites for hydroxylation is 1. The van der Waals surface area contributed by atoms with Crippen molar-refractivity contribution in [2.45, 2.75) is 71.9 Å². The Morgan fingerprint density at radius 2 is 2.10 bits per heavy atom. The zero-order chi connectivity index (χ0) is 14.5. The van der Waals surface area contributed by atoms with Crippen LogP contribution in [0.4, 0.5) is 0 Å². The average Bonchev–Trinajstić information content (AvgIpc) is 2.69. The maximum atomic E-state index is 12.1. The molecule has 1 aromatic rings. The Kier molecular flexibility index (Phi) is 5.21. The van der Waals surface area contributed by atoms with Crippen LogP contribution in [-0.4, -0.2) is 21.5 Å². The van der Waals surface area contributed by atoms with Crippen LogP contribution in [0, 0.1) is 12.8 Å². The van der Waals surface area contributed by atoms with E-state index in [1.807, 2.05) is 17.7 Å². The summed E-state index contributed by atoms with van der Waals surface area (Å²) >= 11 is 0. The minimum absolute atomic E-state index is 0.119. The van der Waals surface area contributed by atoms with Crippen molar-refractivity contribution in [3.63, 3.8) is 0 Å². The normalized spacial score (nSPS) is 16.6. The van der Waals surface area contributed by atoms with Gasteiger partial charge in [0.25, 0.3) is 0 Å². The van der Waals surface area contributed by atoms with Gasteiger partial charge in [0, 0.05) is 12.2 Å². The third-order valence-corrected chi connectivity index (χ3v) is 3.93. The molecule has 0 unspecified atom stereocenters. The van der Waals surface area contributed by atoms with Crippen LogP contribution in [0.1, 0.15) is 57.5 Å². The van der Waals surface area contributed by atoms with Crippen LogP contribution >= 0.6 is 0 Å². The second kappa shape index (κ2) is 6.91. The molecule has 0 bridgehead atoms. The fraction of sp³-hybridized carbons (Fsp3) is 0.750. The fourth-order valence-electron chi connectivity index (χ4n) is 2.93. The van der Waals surface area contributed by atoms with Crippen LogP contribution in [0.15, 0.2) is 6.20 Å². The third kappa shape index (κ3) is 4.36. The van der Waals surface area contributed by atoms with Gasteiger partial charge in [-0.25, -0.2) is 4.98 Å². The summed E-state index contributed by atoms with van der Waals surface area (Å²) in [7, 11) is 0. The lowest BCUT2D eigenvalue weighted by molar-refractivity contribution is -0.122. The molecule has 0 aromatic carbocycles. The maximum absolute atomic E-state index is 12.1. The Hall–Kier alpha value is -1.32. The Morgan fingerprint density at radius 3 is 2.75 bits per heavy atom. The van der Waals surface area contributed by atoms with Gasteiger partial charge in [0.2, 0.25) is 5.91 Å². The van der Waals surface area contributed by atoms with Crippen molar-refractivity contribution in [1.29, 1.82) is 0 Å². The number of carbonyl (C=O) groups is 1. The number of hydrogen-bond acceptors (Lipinski definition) is 2. The highest BCUT2D eigenvalue weighted by molar-refractivity contribution is 5.76. The monoisotopic (exact) mass is 277 g/mol. The molecule has 1 aliphatic carbocycles. The quantitative estimate of drug-likeness (QED) is 0.899. The van der Waals surface area contributed by atoms with E-state index >= 15 is 0 Å². The molecule has 1 N–H and O–H groups in total. The first-order valence-corrected chi connectivity index (χ1v) is 7.86. The van der Waals surface area contributed by atoms with E-state index in [-0.39, 0.29) is 5.91 Å². The predicted octanol–water partition coefficient (Wildman–Crippen LogP) is 2.84. The van der Waals surface area contributed by atoms with E-state index in [1.165, 1.54) is 19.3 Å². The van der Waals surface area contributed by atoms with Gasteiger partial charge >= 0.3 is 0 Å². The highest BCUT2D eigenvalue weighted by Gasteiger charge is 2.16. The molecule has 2 rings (SSSR count). The summed E-state index contributed by atoms with van der Waals surface area (Å²) in [5.41, 5.74) is 1.09. The highest BCUT2D eigenvalue weighted by atomic mass is 16.2. The number of nitrogens with one attached hydrogen (secondary N) is 1. The molecule has 0 spiro atoms. The van der Waals surface area contributed by atoms with Crippen LogP contribution in [0.3, 0.4) is 0 Å². The molecule has 1 saturated carbocycles. The largest absolute Gasteiger partial charge is 0.352 e. The number of rotatable bonds is 5. The van der Waals surface area contributed by atoms with Gasteiger partial charge < -0.3 is 9.88 Å². The van der Waals surface area contributed by atoms with Crippen LogP contribution in [0.2, 0.25) is 0 Å². The number of amides is 1. The lowest BCUT2D eigenvalue weighted by atomic mass is 9.95. The van der Waals surface area contributed by atoms with E-state index in [9.17, 15) is 4.79 Å². The summed E-state index contributed by atoms with van der Waals surface area (Å²) in [6.07, 6.45) is 9.06. The molecular weight excluding hydrogens is 250 g/mol. The van der Waals surface area contributed by atoms with Gasteiger partial charge in [-0.15, -0.1) is 0 Å². The van der Waals surface area contributed by atoms with Crippen LogP contribution < -0.4 is 5.32 Å². The van der Waals surface area contributed by atoms with Gasteiger partial charge in [-0.05, 0) is 32.1 Å². The van der Waals surface area contributed by atoms with E-state index in [0.717, 1.165) is 30.8 Å². The van der Waals surface area contributed by atoms with Crippen molar-refractivity contribution in [1.82, 2.24) is 14.9 Å². The van der Waals surface area contributed by atoms with Gasteiger partial charge in [0.1, 0.15) is 12.4 Å². The molecule has 1 amide bonds. The van der Waals surface area contributed by atoms with Crippen molar-refractivity contribution >= 4 is 5.91 Å². The minimum Gasteiger partial charge on any atom is -0.352 e. The molecule has 1 aliphatic rings. The second-order valence-corrected chi connectivity index (χ2v) is 6.41. The molecule has 4 nitrogen and oxygen atoms in total. The van der Waals surface area contributed by atoms with Gasteiger partial charge in [-0.1, -0.05) is 33.1 Å². The standard InChI is InChI=1S/C16H27N3O/c1-12(2)9-15-10-19(13(3)17-15)11-16(20)18-14-7-5-4-6-8-14/h10,12,14H,4-9,11H2,1-3H3,(H,18,20). The highest BCUT2D eigenvalue weighted by Crippen LogP contribution is 2.17. The molecule has 0 aliphatic heterocycles. The van der Waals surface area contributed by atoms with Gasteiger partial charge in [0.15, 0.2) is 0 Å². The molecular formula is C16H27N3O. The first kappa shape index (κ1) is 15.1. The SMILES string of the molecule is Cc1nc(CC(C)C)cn1CC(=O)NC1CCCCC1. The lowest BCUT2D eigenvalue weighted by Crippen LogP contribution is -2.38. The Labute approximate surface area is 122 Å². The molecule has 1 fully saturated rings. The number of nitrogens with zero attached hydrogens (tertiary/aromatic N) is 2. The van der Waals surface area contributed by atoms with Crippen molar-refractivity contribution in [3.8, 4) is 0 Å². The Balaban J connectivity index is 1.88. The predicted molar refractivity (Wildman–Crippen MR) is 80.5 cm³/mol. The van der Waals surface area contributed by atoms with E-state index in [0.29, 0.717) is 18.5 Å². The average molecular weight is 277 g/mol. The van der Waals surface area contributed by atoms with E-state index in [4.69, 9.17) is 0 Å². The molecule has 1 aromatic heterocycles. The van der Waals surface area contributed by atoms with Crippen molar-refractivity contribution in [2.24, 2.45) is 5.92 Å². The van der Waals surface area contributed by atoms with Crippen molar-refractivity contribution in [3.05, 3.63) is 17.7 Å². The van der Waals surface area contributed by atoms with Crippen molar-refractivity contribution < 1.29 is 4.79 Å². The zero-order valence-electron chi connectivity index (χ0n) is 13.0. The number of imidazole rings is 1. The van der Waals surface area contributed by atoms with Gasteiger partial charge in [-0.2, -0.15) is 0 Å². The first-order chi connectivity index (χ1) is 9.54. The van der Waals surface area contributed by atoms with E-state index in [2.05, 4.69) is 24.1 Å². The summed E-state index contributed by atoms with van der Waals surface area (Å²) < 4.78 is 1.97. The number of carbonyl (C=O) groups excluding carboxylic acids is 1. The molecule has 20 heavy (non-hydrogen) atoms. The zero-order valence-corrected chi connectivity index (χ0v) is 13.0. The van der Waals surface area contributed by atoms with Crippen LogP contribution in [-0.2, 0) is 17.8 Å². The smallest absolute Gasteiger partial charge is 0.240 e. The molecule has 112 valence electrons. The molecule has 4 heteroatoms. The Bertz CT molecular complexity index is 445. The molecule has 1 heterocycles. The second-order valence-electron chi connectivity index (χ2n) is 6.41. The third-order valence-electron chi connectivity index (χ3n) is 3.93. The van der Waals surface area contributed by atoms with Crippen LogP contribution in [0.25, 0.3) is 0 Å². The van der Waals surface area contributed by atoms with E-state index < -0.39 is 0 Å². The van der Waals surface area contributed by atoms with Gasteiger partial charge in [-0.3, -0.25) is 4.79 Å². The van der Waals surface area contributed by atoms with Gasteiger partial charge in [0.05, 0.1) is 5.69 Å². The molecule has 0 radical (unpaired) electrons. The maximum Gasteiger partial charge on any atom is 0.240 e. The minimum atomic E-state index is 0.119. The number of hydrogen-bond donors (Lipinski definition) is 1. The molecule has 0 saturated heterocycles. The summed E-state index contributed by atoms with van der Waals surface area (Å²) in [4.78, 5) is 16.6. The lowest BCUT2D eigenvalue weighted by Gasteiger charge is -2.22. The summed E-state index contributed by atoms with van der Waals surface area (Å²) in [5, 5.41) is 3.16. The summed E-state index contributed by atoms with van der Waals surface area (Å²) in [5.74, 6) is 1.64. The fourth-order valence-corrected chi connectivity index (χ4v) is 2.93. The Morgan fingerprint density at radius 1 is 1.40 bits per heavy atom. The summed E-state index contributed by atoms with van der Waals surface area (Å²) in [6.45, 7) is 6.74. The number of aromatic nitrogens is 2. The van der Waals surface area contributed by atoms with Crippen LogP contribution in [0.5, 0.6) is 0 Å².